The highest BCUT2D eigenvalue weighted by atomic mass is 32.1. The third-order valence-electron chi connectivity index (χ3n) is 2.14. The molecule has 0 bridgehead atoms. The van der Waals surface area contributed by atoms with E-state index in [1.165, 1.54) is 9.08 Å². The minimum Gasteiger partial charge on any atom is -0.250 e. The summed E-state index contributed by atoms with van der Waals surface area (Å²) in [6, 6.07) is 5.44. The van der Waals surface area contributed by atoms with Crippen LogP contribution >= 0.6 is 13.5 Å². The fourth-order valence-corrected chi connectivity index (χ4v) is 1.28. The van der Waals surface area contributed by atoms with Crippen LogP contribution in [0.1, 0.15) is 13.3 Å². The molecular weight excluding hydrogens is 210 g/mol. The van der Waals surface area contributed by atoms with Gasteiger partial charge in [0.25, 0.3) is 0 Å². The second-order valence-corrected chi connectivity index (χ2v) is 3.04. The Labute approximate surface area is 94.3 Å². The zero-order chi connectivity index (χ0) is 10.1. The Morgan fingerprint density at radius 1 is 1.53 bits per heavy atom. The van der Waals surface area contributed by atoms with Gasteiger partial charge in [-0.25, -0.2) is 9.20 Å². The molecule has 0 saturated carbocycles. The molecular formula is C10H13N3OS. The summed E-state index contributed by atoms with van der Waals surface area (Å²) in [7, 11) is 0. The molecule has 2 aromatic rings. The number of fused-ring (bicyclic) bond motifs is 1. The first-order chi connectivity index (χ1) is 6.74. The van der Waals surface area contributed by atoms with E-state index in [0.717, 1.165) is 0 Å². The van der Waals surface area contributed by atoms with Crippen LogP contribution in [0.25, 0.3) is 11.3 Å². The lowest BCUT2D eigenvalue weighted by molar-refractivity contribution is 0.830. The summed E-state index contributed by atoms with van der Waals surface area (Å²) in [5.74, 6) is 0. The van der Waals surface area contributed by atoms with Crippen LogP contribution in [0, 0.1) is 0 Å². The van der Waals surface area contributed by atoms with E-state index in [1.54, 1.807) is 18.3 Å². The summed E-state index contributed by atoms with van der Waals surface area (Å²) >= 11 is 0. The minimum absolute atomic E-state index is 0. The number of allylic oxidation sites excluding steroid dienone is 1. The topological polar surface area (TPSA) is 39.3 Å². The first-order valence-electron chi connectivity index (χ1n) is 4.48. The van der Waals surface area contributed by atoms with Gasteiger partial charge in [0.05, 0.1) is 0 Å². The largest absolute Gasteiger partial charge is 0.354 e. The summed E-state index contributed by atoms with van der Waals surface area (Å²) in [6.45, 7) is 5.73. The Morgan fingerprint density at radius 2 is 2.27 bits per heavy atom. The van der Waals surface area contributed by atoms with Gasteiger partial charge in [-0.15, -0.1) is 5.10 Å². The van der Waals surface area contributed by atoms with Crippen molar-refractivity contribution in [2.24, 2.45) is 0 Å². The normalized spacial score (nSPS) is 9.93. The van der Waals surface area contributed by atoms with Crippen molar-refractivity contribution in [1.82, 2.24) is 14.2 Å². The lowest BCUT2D eigenvalue weighted by atomic mass is 10.4. The molecule has 0 atom stereocenters. The first kappa shape index (κ1) is 11.6. The molecule has 0 aliphatic rings. The van der Waals surface area contributed by atoms with Crippen molar-refractivity contribution in [2.75, 3.05) is 0 Å². The van der Waals surface area contributed by atoms with Gasteiger partial charge < -0.3 is 0 Å². The molecule has 0 N–H and O–H groups in total. The van der Waals surface area contributed by atoms with Crippen molar-refractivity contribution in [1.29, 1.82) is 0 Å². The predicted octanol–water partition coefficient (Wildman–Crippen LogP) is 1.49. The molecule has 0 fully saturated rings. The quantitative estimate of drug-likeness (QED) is 0.773. The fourth-order valence-electron chi connectivity index (χ4n) is 1.28. The molecule has 0 aromatic carbocycles. The third kappa shape index (κ3) is 1.83. The average molecular weight is 223 g/mol. The van der Waals surface area contributed by atoms with Gasteiger partial charge in [-0.3, -0.25) is 0 Å². The molecule has 0 saturated heterocycles. The molecule has 0 unspecified atom stereocenters. The fraction of sp³-hybridized carbons (Fsp3) is 0.200. The molecule has 2 heterocycles. The summed E-state index contributed by atoms with van der Waals surface area (Å²) in [5, 5.41) is 4.15. The van der Waals surface area contributed by atoms with Crippen molar-refractivity contribution < 1.29 is 0 Å². The molecule has 5 heteroatoms. The van der Waals surface area contributed by atoms with Gasteiger partial charge in [0.1, 0.15) is 0 Å². The van der Waals surface area contributed by atoms with E-state index >= 15 is 0 Å². The highest BCUT2D eigenvalue weighted by Gasteiger charge is 2.06. The Morgan fingerprint density at radius 3 is 2.87 bits per heavy atom. The zero-order valence-corrected chi connectivity index (χ0v) is 9.47. The number of hydrogen-bond donors (Lipinski definition) is 0. The molecule has 0 radical (unpaired) electrons. The van der Waals surface area contributed by atoms with E-state index in [4.69, 9.17) is 0 Å². The summed E-state index contributed by atoms with van der Waals surface area (Å²) in [6.07, 6.45) is 2.41. The van der Waals surface area contributed by atoms with Crippen molar-refractivity contribution >= 4 is 24.8 Å². The molecule has 4 nitrogen and oxygen atoms in total. The Kier molecular flexibility index (Phi) is 3.36. The van der Waals surface area contributed by atoms with Crippen LogP contribution in [0.2, 0.25) is 0 Å². The Balaban J connectivity index is 0.00000112. The highest BCUT2D eigenvalue weighted by molar-refractivity contribution is 7.59. The van der Waals surface area contributed by atoms with E-state index < -0.39 is 0 Å². The third-order valence-corrected chi connectivity index (χ3v) is 2.14. The number of pyridine rings is 1. The molecule has 0 aliphatic carbocycles. The predicted molar refractivity (Wildman–Crippen MR) is 65.5 cm³/mol. The summed E-state index contributed by atoms with van der Waals surface area (Å²) in [5.41, 5.74) is 1.19. The van der Waals surface area contributed by atoms with Crippen LogP contribution in [0.3, 0.4) is 0 Å². The van der Waals surface area contributed by atoms with Gasteiger partial charge in [-0.1, -0.05) is 19.6 Å². The van der Waals surface area contributed by atoms with Gasteiger partial charge in [0.2, 0.25) is 0 Å². The van der Waals surface area contributed by atoms with E-state index in [-0.39, 0.29) is 19.2 Å². The SMILES string of the molecule is C=C(CC)n1nc2ccccn2c1=O.S. The maximum atomic E-state index is 11.7. The first-order valence-corrected chi connectivity index (χ1v) is 4.48. The van der Waals surface area contributed by atoms with Gasteiger partial charge >= 0.3 is 5.69 Å². The number of rotatable bonds is 2. The maximum Gasteiger partial charge on any atom is 0.354 e. The smallest absolute Gasteiger partial charge is 0.250 e. The molecule has 80 valence electrons. The van der Waals surface area contributed by atoms with Crippen molar-refractivity contribution in [3.8, 4) is 0 Å². The van der Waals surface area contributed by atoms with Crippen LogP contribution in [0.15, 0.2) is 35.8 Å². The molecule has 0 aliphatic heterocycles. The average Bonchev–Trinajstić information content (AvgIpc) is 2.56. The van der Waals surface area contributed by atoms with Gasteiger partial charge in [0.15, 0.2) is 5.65 Å². The van der Waals surface area contributed by atoms with Gasteiger partial charge in [-0.2, -0.15) is 18.2 Å². The Hall–Kier alpha value is -1.49. The van der Waals surface area contributed by atoms with Gasteiger partial charge in [-0.05, 0) is 18.6 Å². The molecule has 0 spiro atoms. The lowest BCUT2D eigenvalue weighted by Crippen LogP contribution is -2.19. The molecule has 2 aromatic heterocycles. The molecule has 15 heavy (non-hydrogen) atoms. The lowest BCUT2D eigenvalue weighted by Gasteiger charge is -1.96. The van der Waals surface area contributed by atoms with Crippen LogP contribution in [0.4, 0.5) is 0 Å². The van der Waals surface area contributed by atoms with Crippen LogP contribution in [-0.4, -0.2) is 14.2 Å². The number of aromatic nitrogens is 3. The van der Waals surface area contributed by atoms with E-state index in [9.17, 15) is 4.79 Å². The second-order valence-electron chi connectivity index (χ2n) is 3.04. The molecule has 0 amide bonds. The Bertz CT molecular complexity index is 541. The second kappa shape index (κ2) is 4.35. The van der Waals surface area contributed by atoms with Crippen molar-refractivity contribution in [3.63, 3.8) is 0 Å². The number of nitrogens with zero attached hydrogens (tertiary/aromatic N) is 3. The van der Waals surface area contributed by atoms with E-state index in [2.05, 4.69) is 11.7 Å². The van der Waals surface area contributed by atoms with Crippen LogP contribution in [0.5, 0.6) is 0 Å². The standard InChI is InChI=1S/C10H11N3O.H2S/c1-3-8(2)13-10(14)12-7-5-4-6-9(12)11-13;/h4-7H,2-3H2,1H3;1H2. The maximum absolute atomic E-state index is 11.7. The van der Waals surface area contributed by atoms with Crippen LogP contribution in [-0.2, 0) is 0 Å². The van der Waals surface area contributed by atoms with Crippen molar-refractivity contribution in [3.05, 3.63) is 41.5 Å². The summed E-state index contributed by atoms with van der Waals surface area (Å²) in [4.78, 5) is 11.7. The molecule has 2 rings (SSSR count). The van der Waals surface area contributed by atoms with Crippen molar-refractivity contribution in [2.45, 2.75) is 13.3 Å². The zero-order valence-electron chi connectivity index (χ0n) is 8.47. The minimum atomic E-state index is -0.160. The van der Waals surface area contributed by atoms with E-state index in [0.29, 0.717) is 17.8 Å². The van der Waals surface area contributed by atoms with Gasteiger partial charge in [0, 0.05) is 11.9 Å². The van der Waals surface area contributed by atoms with Crippen LogP contribution < -0.4 is 5.69 Å². The summed E-state index contributed by atoms with van der Waals surface area (Å²) < 4.78 is 2.84. The monoisotopic (exact) mass is 223 g/mol. The highest BCUT2D eigenvalue weighted by Crippen LogP contribution is 2.02. The number of hydrogen-bond acceptors (Lipinski definition) is 2. The van der Waals surface area contributed by atoms with E-state index in [1.807, 2.05) is 13.0 Å².